The normalized spacial score (nSPS) is 18.5. The van der Waals surface area contributed by atoms with Crippen LogP contribution in [0.25, 0.3) is 0 Å². The molecule has 1 aliphatic heterocycles. The van der Waals surface area contributed by atoms with Crippen molar-refractivity contribution in [2.24, 2.45) is 0 Å². The van der Waals surface area contributed by atoms with Crippen molar-refractivity contribution in [3.63, 3.8) is 0 Å². The fraction of sp³-hybridized carbons (Fsp3) is 0.429. The number of hydrogen-bond donors (Lipinski definition) is 2. The number of rotatable bonds is 3. The number of fused-ring (bicyclic) bond motifs is 1. The molecule has 0 bridgehead atoms. The first kappa shape index (κ1) is 13.9. The van der Waals surface area contributed by atoms with Crippen LogP contribution in [0.4, 0.5) is 0 Å². The molecule has 5 heteroatoms. The fourth-order valence-corrected chi connectivity index (χ4v) is 3.23. The van der Waals surface area contributed by atoms with Gasteiger partial charge in [-0.05, 0) is 37.1 Å². The Labute approximate surface area is 116 Å². The second kappa shape index (κ2) is 5.25. The minimum atomic E-state index is -1.25. The number of aliphatic carboxylic acids is 1. The van der Waals surface area contributed by atoms with Crippen molar-refractivity contribution in [2.75, 3.05) is 5.75 Å². The number of carboxylic acid groups (broad SMARTS) is 1. The summed E-state index contributed by atoms with van der Waals surface area (Å²) < 4.78 is 0. The summed E-state index contributed by atoms with van der Waals surface area (Å²) in [6.45, 7) is 2.99. The Balaban J connectivity index is 2.20. The van der Waals surface area contributed by atoms with Crippen molar-refractivity contribution >= 4 is 23.6 Å². The number of carbonyl (C=O) groups excluding carboxylic acids is 1. The molecule has 2 N–H and O–H groups in total. The number of amides is 1. The molecule has 0 spiro atoms. The Morgan fingerprint density at radius 3 is 2.74 bits per heavy atom. The highest BCUT2D eigenvalue weighted by Gasteiger charge is 2.34. The van der Waals surface area contributed by atoms with Gasteiger partial charge >= 0.3 is 5.97 Å². The van der Waals surface area contributed by atoms with Gasteiger partial charge in [-0.1, -0.05) is 24.3 Å². The van der Waals surface area contributed by atoms with Crippen LogP contribution in [-0.2, 0) is 16.0 Å². The third-order valence-electron chi connectivity index (χ3n) is 3.20. The number of aryl methyl sites for hydroxylation is 1. The van der Waals surface area contributed by atoms with E-state index in [-0.39, 0.29) is 11.2 Å². The van der Waals surface area contributed by atoms with Gasteiger partial charge in [-0.15, -0.1) is 11.8 Å². The quantitative estimate of drug-likeness (QED) is 0.888. The van der Waals surface area contributed by atoms with E-state index in [0.29, 0.717) is 0 Å². The second-order valence-electron chi connectivity index (χ2n) is 5.12. The molecule has 0 saturated carbocycles. The highest BCUT2D eigenvalue weighted by atomic mass is 32.2. The van der Waals surface area contributed by atoms with Crippen LogP contribution in [0.3, 0.4) is 0 Å². The van der Waals surface area contributed by atoms with E-state index >= 15 is 0 Å². The first-order chi connectivity index (χ1) is 8.92. The minimum Gasteiger partial charge on any atom is -0.480 e. The summed E-state index contributed by atoms with van der Waals surface area (Å²) >= 11 is 1.56. The average molecular weight is 279 g/mol. The van der Waals surface area contributed by atoms with Gasteiger partial charge in [0.05, 0.1) is 0 Å². The standard InChI is InChI=1S/C14H17NO3S/c1-14(2,13(17)18)15-12(16)11-10-6-4-3-5-9(10)7-8-19-11/h3-6,11H,7-8H2,1-2H3,(H,15,16)(H,17,18). The van der Waals surface area contributed by atoms with Crippen molar-refractivity contribution in [3.8, 4) is 0 Å². The van der Waals surface area contributed by atoms with Gasteiger partial charge in [0, 0.05) is 0 Å². The zero-order valence-corrected chi connectivity index (χ0v) is 11.8. The third-order valence-corrected chi connectivity index (χ3v) is 4.44. The van der Waals surface area contributed by atoms with E-state index in [1.807, 2.05) is 24.3 Å². The van der Waals surface area contributed by atoms with E-state index in [9.17, 15) is 9.59 Å². The van der Waals surface area contributed by atoms with Crippen LogP contribution in [0.5, 0.6) is 0 Å². The number of carboxylic acids is 1. The lowest BCUT2D eigenvalue weighted by atomic mass is 9.99. The Morgan fingerprint density at radius 2 is 2.05 bits per heavy atom. The lowest BCUT2D eigenvalue weighted by Gasteiger charge is -2.28. The van der Waals surface area contributed by atoms with E-state index in [4.69, 9.17) is 5.11 Å². The molecule has 0 radical (unpaired) electrons. The Kier molecular flexibility index (Phi) is 3.85. The molecule has 0 fully saturated rings. The van der Waals surface area contributed by atoms with Gasteiger partial charge in [0.2, 0.25) is 5.91 Å². The van der Waals surface area contributed by atoms with Gasteiger partial charge in [0.1, 0.15) is 10.8 Å². The number of hydrogen-bond acceptors (Lipinski definition) is 3. The summed E-state index contributed by atoms with van der Waals surface area (Å²) in [6.07, 6.45) is 0.951. The maximum absolute atomic E-state index is 12.3. The molecule has 2 rings (SSSR count). The van der Waals surface area contributed by atoms with Gasteiger partial charge in [-0.3, -0.25) is 4.79 Å². The third kappa shape index (κ3) is 2.92. The first-order valence-corrected chi connectivity index (χ1v) is 7.21. The smallest absolute Gasteiger partial charge is 0.328 e. The van der Waals surface area contributed by atoms with Crippen LogP contribution in [-0.4, -0.2) is 28.3 Å². The molecule has 1 aromatic rings. The molecule has 4 nitrogen and oxygen atoms in total. The molecule has 1 aliphatic rings. The topological polar surface area (TPSA) is 66.4 Å². The summed E-state index contributed by atoms with van der Waals surface area (Å²) in [4.78, 5) is 23.3. The van der Waals surface area contributed by atoms with Crippen molar-refractivity contribution < 1.29 is 14.7 Å². The Morgan fingerprint density at radius 1 is 1.37 bits per heavy atom. The lowest BCUT2D eigenvalue weighted by Crippen LogP contribution is -2.51. The van der Waals surface area contributed by atoms with Gasteiger partial charge < -0.3 is 10.4 Å². The molecule has 1 aromatic carbocycles. The lowest BCUT2D eigenvalue weighted by molar-refractivity contribution is -0.145. The summed E-state index contributed by atoms with van der Waals surface area (Å²) in [7, 11) is 0. The zero-order chi connectivity index (χ0) is 14.0. The molecule has 0 saturated heterocycles. The van der Waals surface area contributed by atoms with Crippen LogP contribution in [0, 0.1) is 0 Å². The van der Waals surface area contributed by atoms with E-state index in [1.54, 1.807) is 11.8 Å². The number of carbonyl (C=O) groups is 2. The predicted octanol–water partition coefficient (Wildman–Crippen LogP) is 2.00. The van der Waals surface area contributed by atoms with Crippen molar-refractivity contribution in [3.05, 3.63) is 35.4 Å². The highest BCUT2D eigenvalue weighted by Crippen LogP contribution is 2.37. The molecule has 1 atom stereocenters. The number of benzene rings is 1. The average Bonchev–Trinajstić information content (AvgIpc) is 2.37. The van der Waals surface area contributed by atoms with Gasteiger partial charge in [0.15, 0.2) is 0 Å². The summed E-state index contributed by atoms with van der Waals surface area (Å²) in [5.74, 6) is -0.387. The molecule has 0 aliphatic carbocycles. The molecule has 1 heterocycles. The molecule has 0 aromatic heterocycles. The first-order valence-electron chi connectivity index (χ1n) is 6.16. The number of thioether (sulfide) groups is 1. The molecular weight excluding hydrogens is 262 g/mol. The fourth-order valence-electron chi connectivity index (χ4n) is 2.04. The summed E-state index contributed by atoms with van der Waals surface area (Å²) in [6, 6.07) is 7.84. The van der Waals surface area contributed by atoms with E-state index < -0.39 is 11.5 Å². The van der Waals surface area contributed by atoms with Crippen molar-refractivity contribution in [1.82, 2.24) is 5.32 Å². The Hall–Kier alpha value is -1.49. The predicted molar refractivity (Wildman–Crippen MR) is 75.2 cm³/mol. The van der Waals surface area contributed by atoms with Crippen LogP contribution < -0.4 is 5.32 Å². The van der Waals surface area contributed by atoms with Gasteiger partial charge in [0.25, 0.3) is 0 Å². The second-order valence-corrected chi connectivity index (χ2v) is 6.33. The van der Waals surface area contributed by atoms with Gasteiger partial charge in [-0.25, -0.2) is 4.79 Å². The molecule has 1 amide bonds. The minimum absolute atomic E-state index is 0.232. The number of nitrogens with one attached hydrogen (secondary N) is 1. The SMILES string of the molecule is CC(C)(NC(=O)C1SCCc2ccccc21)C(=O)O. The van der Waals surface area contributed by atoms with E-state index in [0.717, 1.165) is 17.7 Å². The van der Waals surface area contributed by atoms with E-state index in [1.165, 1.54) is 19.4 Å². The zero-order valence-electron chi connectivity index (χ0n) is 11.0. The molecule has 19 heavy (non-hydrogen) atoms. The van der Waals surface area contributed by atoms with Crippen molar-refractivity contribution in [2.45, 2.75) is 31.1 Å². The molecular formula is C14H17NO3S. The van der Waals surface area contributed by atoms with Gasteiger partial charge in [-0.2, -0.15) is 0 Å². The maximum atomic E-state index is 12.3. The van der Waals surface area contributed by atoms with Crippen molar-refractivity contribution in [1.29, 1.82) is 0 Å². The van der Waals surface area contributed by atoms with Crippen LogP contribution in [0.1, 0.15) is 30.2 Å². The molecule has 102 valence electrons. The highest BCUT2D eigenvalue weighted by molar-refractivity contribution is 8.00. The largest absolute Gasteiger partial charge is 0.480 e. The maximum Gasteiger partial charge on any atom is 0.328 e. The monoisotopic (exact) mass is 279 g/mol. The van der Waals surface area contributed by atoms with Crippen LogP contribution in [0.2, 0.25) is 0 Å². The summed E-state index contributed by atoms with van der Waals surface area (Å²) in [5.41, 5.74) is 0.927. The molecule has 1 unspecified atom stereocenters. The Bertz CT molecular complexity index is 513. The van der Waals surface area contributed by atoms with E-state index in [2.05, 4.69) is 5.32 Å². The van der Waals surface area contributed by atoms with Crippen LogP contribution >= 0.6 is 11.8 Å². The summed E-state index contributed by atoms with van der Waals surface area (Å²) in [5, 5.41) is 11.4. The van der Waals surface area contributed by atoms with Crippen LogP contribution in [0.15, 0.2) is 24.3 Å².